The van der Waals surface area contributed by atoms with Crippen LogP contribution in [-0.2, 0) is 19.1 Å². The number of rotatable bonds is 10. The Hall–Kier alpha value is -0.620. The molecular weight excluding hydrogens is 386 g/mol. The van der Waals surface area contributed by atoms with Crippen molar-refractivity contribution in [2.24, 2.45) is 5.73 Å². The molecule has 0 aliphatic carbocycles. The Bertz CT molecular complexity index is 396. The molecule has 0 unspecified atom stereocenters. The summed E-state index contributed by atoms with van der Waals surface area (Å²) in [4.78, 5) is 25.1. The first kappa shape index (κ1) is 24.4. The van der Waals surface area contributed by atoms with Crippen molar-refractivity contribution in [3.63, 3.8) is 0 Å². The van der Waals surface area contributed by atoms with Gasteiger partial charge in [0.25, 0.3) is 0 Å². The first-order valence-corrected chi connectivity index (χ1v) is 10.3. The van der Waals surface area contributed by atoms with Gasteiger partial charge in [0.05, 0.1) is 0 Å². The molecule has 0 radical (unpaired) electrons. The molecule has 0 amide bonds. The van der Waals surface area contributed by atoms with Crippen LogP contribution >= 0.6 is 15.9 Å². The number of hydrogen-bond acceptors (Lipinski definition) is 5. The molecule has 0 heterocycles. The van der Waals surface area contributed by atoms with Crippen molar-refractivity contribution < 1.29 is 19.1 Å². The van der Waals surface area contributed by atoms with E-state index in [-0.39, 0.29) is 6.42 Å². The van der Waals surface area contributed by atoms with Gasteiger partial charge in [-0.2, -0.15) is 0 Å². The maximum Gasteiger partial charge on any atom is 0.338 e. The average molecular weight is 422 g/mol. The molecule has 5 nitrogen and oxygen atoms in total. The first-order chi connectivity index (χ1) is 11.3. The van der Waals surface area contributed by atoms with Gasteiger partial charge in [0.2, 0.25) is 5.54 Å². The monoisotopic (exact) mass is 421 g/mol. The number of carbonyl (C=O) groups excluding carboxylic acids is 2. The van der Waals surface area contributed by atoms with Crippen LogP contribution < -0.4 is 5.73 Å². The molecule has 0 aromatic heterocycles. The van der Waals surface area contributed by atoms with Gasteiger partial charge in [-0.25, -0.2) is 9.59 Å². The van der Waals surface area contributed by atoms with E-state index < -0.39 is 28.7 Å². The molecule has 0 aromatic rings. The molecule has 0 saturated heterocycles. The van der Waals surface area contributed by atoms with Crippen molar-refractivity contribution in [2.45, 2.75) is 103 Å². The van der Waals surface area contributed by atoms with Crippen LogP contribution in [0.1, 0.15) is 86.5 Å². The van der Waals surface area contributed by atoms with E-state index in [1.165, 1.54) is 6.42 Å². The second-order valence-electron chi connectivity index (χ2n) is 8.54. The second kappa shape index (κ2) is 10.5. The summed E-state index contributed by atoms with van der Waals surface area (Å²) in [5.74, 6) is -1.43. The molecule has 0 bridgehead atoms. The molecule has 148 valence electrons. The lowest BCUT2D eigenvalue weighted by molar-refractivity contribution is -0.177. The SMILES string of the molecule is CC(C)(C)OC(=O)C(N)(CCCCCCCCBr)C(=O)OC(C)(C)C. The maximum absolute atomic E-state index is 12.6. The van der Waals surface area contributed by atoms with Gasteiger partial charge in [-0.3, -0.25) is 0 Å². The molecule has 6 heteroatoms. The zero-order valence-electron chi connectivity index (χ0n) is 16.7. The molecule has 0 spiro atoms. The normalized spacial score (nSPS) is 12.8. The van der Waals surface area contributed by atoms with Crippen LogP contribution in [0.25, 0.3) is 0 Å². The fourth-order valence-corrected chi connectivity index (χ4v) is 2.63. The molecule has 0 atom stereocenters. The smallest absolute Gasteiger partial charge is 0.338 e. The zero-order valence-corrected chi connectivity index (χ0v) is 18.3. The highest BCUT2D eigenvalue weighted by molar-refractivity contribution is 9.09. The lowest BCUT2D eigenvalue weighted by atomic mass is 9.92. The number of esters is 2. The third-order valence-corrected chi connectivity index (χ3v) is 4.04. The molecule has 2 N–H and O–H groups in total. The Kier molecular flexibility index (Phi) is 10.2. The Morgan fingerprint density at radius 3 is 1.48 bits per heavy atom. The van der Waals surface area contributed by atoms with E-state index in [1.807, 2.05) is 0 Å². The van der Waals surface area contributed by atoms with Crippen molar-refractivity contribution in [3.05, 3.63) is 0 Å². The summed E-state index contributed by atoms with van der Waals surface area (Å²) < 4.78 is 10.8. The summed E-state index contributed by atoms with van der Waals surface area (Å²) >= 11 is 3.42. The minimum Gasteiger partial charge on any atom is -0.458 e. The van der Waals surface area contributed by atoms with Crippen molar-refractivity contribution in [2.75, 3.05) is 5.33 Å². The molecule has 0 aliphatic rings. The summed E-state index contributed by atoms with van der Waals surface area (Å²) in [6.07, 6.45) is 6.38. The van der Waals surface area contributed by atoms with E-state index >= 15 is 0 Å². The van der Waals surface area contributed by atoms with E-state index in [4.69, 9.17) is 15.2 Å². The predicted molar refractivity (Wildman–Crippen MR) is 105 cm³/mol. The molecular formula is C19H36BrNO4. The topological polar surface area (TPSA) is 78.6 Å². The maximum atomic E-state index is 12.6. The number of nitrogens with two attached hydrogens (primary N) is 1. The Morgan fingerprint density at radius 1 is 0.760 bits per heavy atom. The first-order valence-electron chi connectivity index (χ1n) is 9.13. The minimum atomic E-state index is -1.75. The quantitative estimate of drug-likeness (QED) is 0.243. The van der Waals surface area contributed by atoms with Gasteiger partial charge in [0, 0.05) is 5.33 Å². The standard InChI is InChI=1S/C19H36BrNO4/c1-17(2,3)24-15(22)19(21,16(23)25-18(4,5)6)13-11-9-7-8-10-12-14-20/h7-14,21H2,1-6H3. The number of ether oxygens (including phenoxy) is 2. The minimum absolute atomic E-state index is 0.231. The van der Waals surface area contributed by atoms with Gasteiger partial charge in [0.15, 0.2) is 0 Å². The van der Waals surface area contributed by atoms with E-state index in [0.29, 0.717) is 6.42 Å². The van der Waals surface area contributed by atoms with Gasteiger partial charge in [-0.05, 0) is 54.4 Å². The highest BCUT2D eigenvalue weighted by atomic mass is 79.9. The fraction of sp³-hybridized carbons (Fsp3) is 0.895. The number of hydrogen-bond donors (Lipinski definition) is 1. The number of unbranched alkanes of at least 4 members (excludes halogenated alkanes) is 5. The average Bonchev–Trinajstić information content (AvgIpc) is 2.42. The summed E-state index contributed by atoms with van der Waals surface area (Å²) in [5, 5.41) is 1.02. The van der Waals surface area contributed by atoms with Crippen LogP contribution in [-0.4, -0.2) is 34.0 Å². The summed E-state index contributed by atoms with van der Waals surface area (Å²) in [6.45, 7) is 10.5. The van der Waals surface area contributed by atoms with Crippen molar-refractivity contribution >= 4 is 27.9 Å². The Morgan fingerprint density at radius 2 is 1.12 bits per heavy atom. The van der Waals surface area contributed by atoms with E-state index in [9.17, 15) is 9.59 Å². The van der Waals surface area contributed by atoms with Crippen LogP contribution in [0.2, 0.25) is 0 Å². The van der Waals surface area contributed by atoms with Gasteiger partial charge in [-0.15, -0.1) is 0 Å². The van der Waals surface area contributed by atoms with Crippen LogP contribution in [0.15, 0.2) is 0 Å². The predicted octanol–water partition coefficient (Wildman–Crippen LogP) is 4.49. The summed E-state index contributed by atoms with van der Waals surface area (Å²) in [5.41, 5.74) is 3.04. The molecule has 0 rings (SSSR count). The van der Waals surface area contributed by atoms with Crippen molar-refractivity contribution in [1.29, 1.82) is 0 Å². The van der Waals surface area contributed by atoms with Crippen LogP contribution in [0.4, 0.5) is 0 Å². The molecule has 0 aromatic carbocycles. The Labute approximate surface area is 161 Å². The van der Waals surface area contributed by atoms with Crippen molar-refractivity contribution in [3.8, 4) is 0 Å². The van der Waals surface area contributed by atoms with Gasteiger partial charge in [-0.1, -0.05) is 48.0 Å². The van der Waals surface area contributed by atoms with Gasteiger partial charge >= 0.3 is 11.9 Å². The van der Waals surface area contributed by atoms with E-state index in [1.54, 1.807) is 41.5 Å². The van der Waals surface area contributed by atoms with E-state index in [0.717, 1.165) is 31.0 Å². The molecule has 0 aliphatic heterocycles. The van der Waals surface area contributed by atoms with Gasteiger partial charge in [0.1, 0.15) is 11.2 Å². The third kappa shape index (κ3) is 10.9. The van der Waals surface area contributed by atoms with Crippen molar-refractivity contribution in [1.82, 2.24) is 0 Å². The largest absolute Gasteiger partial charge is 0.458 e. The number of carbonyl (C=O) groups is 2. The molecule has 25 heavy (non-hydrogen) atoms. The van der Waals surface area contributed by atoms with Crippen LogP contribution in [0.3, 0.4) is 0 Å². The lowest BCUT2D eigenvalue weighted by Crippen LogP contribution is -2.59. The highest BCUT2D eigenvalue weighted by Crippen LogP contribution is 2.23. The fourth-order valence-electron chi connectivity index (χ4n) is 2.23. The number of halogens is 1. The number of alkyl halides is 1. The summed E-state index contributed by atoms with van der Waals surface area (Å²) in [6, 6.07) is 0. The van der Waals surface area contributed by atoms with Crippen LogP contribution in [0.5, 0.6) is 0 Å². The third-order valence-electron chi connectivity index (χ3n) is 3.48. The summed E-state index contributed by atoms with van der Waals surface area (Å²) in [7, 11) is 0. The molecule has 0 fully saturated rings. The highest BCUT2D eigenvalue weighted by Gasteiger charge is 2.47. The second-order valence-corrected chi connectivity index (χ2v) is 9.33. The Balaban J connectivity index is 4.84. The lowest BCUT2D eigenvalue weighted by Gasteiger charge is -2.32. The van der Waals surface area contributed by atoms with Gasteiger partial charge < -0.3 is 15.2 Å². The van der Waals surface area contributed by atoms with E-state index in [2.05, 4.69) is 15.9 Å². The zero-order chi connectivity index (χ0) is 19.7. The van der Waals surface area contributed by atoms with Crippen LogP contribution in [0, 0.1) is 0 Å². The molecule has 0 saturated carbocycles.